The van der Waals surface area contributed by atoms with E-state index in [1.807, 2.05) is 30.5 Å². The predicted octanol–water partition coefficient (Wildman–Crippen LogP) is 1.30. The van der Waals surface area contributed by atoms with Crippen LogP contribution in [0, 0.1) is 5.92 Å². The first-order valence-corrected chi connectivity index (χ1v) is 8.06. The molecule has 7 heteroatoms. The molecule has 2 rings (SSSR count). The summed E-state index contributed by atoms with van der Waals surface area (Å²) in [6.45, 7) is -0.0633. The smallest absolute Gasteiger partial charge is 0.323 e. The number of carbonyl (C=O) groups is 3. The monoisotopic (exact) mass is 322 g/mol. The molecule has 1 aliphatic heterocycles. The van der Waals surface area contributed by atoms with E-state index in [9.17, 15) is 14.4 Å². The Labute approximate surface area is 133 Å². The summed E-state index contributed by atoms with van der Waals surface area (Å²) >= 11 is 1.62. The first-order chi connectivity index (χ1) is 10.4. The van der Waals surface area contributed by atoms with E-state index in [0.717, 1.165) is 15.5 Å². The Morgan fingerprint density at radius 2 is 2.00 bits per heavy atom. The van der Waals surface area contributed by atoms with Crippen LogP contribution in [-0.4, -0.2) is 54.2 Å². The summed E-state index contributed by atoms with van der Waals surface area (Å²) in [5, 5.41) is 8.73. The van der Waals surface area contributed by atoms with Gasteiger partial charge in [0.15, 0.2) is 0 Å². The van der Waals surface area contributed by atoms with E-state index < -0.39 is 11.9 Å². The number of amides is 2. The van der Waals surface area contributed by atoms with Crippen molar-refractivity contribution >= 4 is 35.2 Å². The van der Waals surface area contributed by atoms with Crippen molar-refractivity contribution in [3.8, 4) is 0 Å². The lowest BCUT2D eigenvalue weighted by molar-refractivity contribution is -0.145. The minimum atomic E-state index is -1.07. The van der Waals surface area contributed by atoms with Crippen molar-refractivity contribution in [3.63, 3.8) is 0 Å². The standard InChI is InChI=1S/C15H18N2O4S/c1-16(9-14(19)20)15(21)10-7-13(18)17(8-10)11-3-5-12(22-2)6-4-11/h3-6,10H,7-9H2,1-2H3,(H,19,20). The molecule has 1 aromatic carbocycles. The normalized spacial score (nSPS) is 17.6. The zero-order valence-corrected chi connectivity index (χ0v) is 13.3. The fourth-order valence-corrected chi connectivity index (χ4v) is 2.89. The molecule has 1 unspecified atom stereocenters. The van der Waals surface area contributed by atoms with E-state index in [0.29, 0.717) is 6.54 Å². The van der Waals surface area contributed by atoms with Gasteiger partial charge < -0.3 is 14.9 Å². The summed E-state index contributed by atoms with van der Waals surface area (Å²) in [4.78, 5) is 38.8. The average Bonchev–Trinajstić information content (AvgIpc) is 2.87. The number of aliphatic carboxylic acids is 1. The molecule has 1 N–H and O–H groups in total. The highest BCUT2D eigenvalue weighted by Gasteiger charge is 2.36. The third kappa shape index (κ3) is 3.59. The lowest BCUT2D eigenvalue weighted by Gasteiger charge is -2.20. The van der Waals surface area contributed by atoms with Crippen molar-refractivity contribution in [3.05, 3.63) is 24.3 Å². The second-order valence-electron chi connectivity index (χ2n) is 5.19. The number of benzene rings is 1. The molecule has 1 fully saturated rings. The summed E-state index contributed by atoms with van der Waals surface area (Å²) in [7, 11) is 1.44. The molecule has 0 aliphatic carbocycles. The molecule has 1 aromatic rings. The van der Waals surface area contributed by atoms with E-state index in [1.54, 1.807) is 16.7 Å². The summed E-state index contributed by atoms with van der Waals surface area (Å²) < 4.78 is 0. The van der Waals surface area contributed by atoms with Gasteiger partial charge in [0.2, 0.25) is 11.8 Å². The van der Waals surface area contributed by atoms with Gasteiger partial charge in [0, 0.05) is 30.6 Å². The fourth-order valence-electron chi connectivity index (χ4n) is 2.48. The minimum Gasteiger partial charge on any atom is -0.480 e. The number of nitrogens with zero attached hydrogens (tertiary/aromatic N) is 2. The van der Waals surface area contributed by atoms with Gasteiger partial charge in [-0.2, -0.15) is 0 Å². The molecule has 0 bridgehead atoms. The molecule has 1 aliphatic rings. The third-order valence-corrected chi connectivity index (χ3v) is 4.35. The number of carboxylic acid groups (broad SMARTS) is 1. The maximum absolute atomic E-state index is 12.2. The Balaban J connectivity index is 2.06. The largest absolute Gasteiger partial charge is 0.480 e. The quantitative estimate of drug-likeness (QED) is 0.827. The van der Waals surface area contributed by atoms with Crippen LogP contribution in [0.5, 0.6) is 0 Å². The molecule has 1 saturated heterocycles. The van der Waals surface area contributed by atoms with Crippen LogP contribution in [0.25, 0.3) is 0 Å². The van der Waals surface area contributed by atoms with Crippen molar-refractivity contribution in [2.45, 2.75) is 11.3 Å². The van der Waals surface area contributed by atoms with Crippen LogP contribution in [0.15, 0.2) is 29.2 Å². The highest BCUT2D eigenvalue weighted by Crippen LogP contribution is 2.27. The van der Waals surface area contributed by atoms with Crippen LogP contribution in [0.4, 0.5) is 5.69 Å². The van der Waals surface area contributed by atoms with E-state index >= 15 is 0 Å². The molecule has 2 amide bonds. The van der Waals surface area contributed by atoms with Crippen LogP contribution in [-0.2, 0) is 14.4 Å². The van der Waals surface area contributed by atoms with Crippen molar-refractivity contribution in [2.75, 3.05) is 31.3 Å². The van der Waals surface area contributed by atoms with Crippen LogP contribution in [0.1, 0.15) is 6.42 Å². The lowest BCUT2D eigenvalue weighted by atomic mass is 10.1. The van der Waals surface area contributed by atoms with Crippen LogP contribution < -0.4 is 4.90 Å². The Kier molecular flexibility index (Phi) is 5.07. The minimum absolute atomic E-state index is 0.112. The number of likely N-dealkylation sites (N-methyl/N-ethyl adjacent to an activating group) is 1. The molecule has 0 saturated carbocycles. The van der Waals surface area contributed by atoms with Gasteiger partial charge in [-0.25, -0.2) is 0 Å². The van der Waals surface area contributed by atoms with Gasteiger partial charge in [0.25, 0.3) is 0 Å². The summed E-state index contributed by atoms with van der Waals surface area (Å²) in [6.07, 6.45) is 2.09. The summed E-state index contributed by atoms with van der Waals surface area (Å²) in [5.74, 6) is -1.97. The SMILES string of the molecule is CSc1ccc(N2CC(C(=O)N(C)CC(=O)O)CC2=O)cc1. The highest BCUT2D eigenvalue weighted by atomic mass is 32.2. The van der Waals surface area contributed by atoms with Crippen molar-refractivity contribution in [1.82, 2.24) is 4.90 Å². The molecule has 1 heterocycles. The number of hydrogen-bond acceptors (Lipinski definition) is 4. The molecular weight excluding hydrogens is 304 g/mol. The van der Waals surface area contributed by atoms with Gasteiger partial charge in [-0.1, -0.05) is 0 Å². The number of rotatable bonds is 5. The van der Waals surface area contributed by atoms with Crippen LogP contribution in [0.2, 0.25) is 0 Å². The van der Waals surface area contributed by atoms with Crippen molar-refractivity contribution in [2.24, 2.45) is 5.92 Å². The van der Waals surface area contributed by atoms with Crippen molar-refractivity contribution in [1.29, 1.82) is 0 Å². The number of carboxylic acids is 1. The van der Waals surface area contributed by atoms with E-state index in [2.05, 4.69) is 0 Å². The Bertz CT molecular complexity index is 588. The summed E-state index contributed by atoms with van der Waals surface area (Å²) in [5.41, 5.74) is 0.763. The molecular formula is C15H18N2O4S. The number of carbonyl (C=O) groups excluding carboxylic acids is 2. The molecule has 0 radical (unpaired) electrons. The van der Waals surface area contributed by atoms with Crippen LogP contribution in [0.3, 0.4) is 0 Å². The second kappa shape index (κ2) is 6.83. The Morgan fingerprint density at radius 3 is 2.55 bits per heavy atom. The van der Waals surface area contributed by atoms with Gasteiger partial charge >= 0.3 is 5.97 Å². The van der Waals surface area contributed by atoms with Gasteiger partial charge in [-0.15, -0.1) is 11.8 Å². The van der Waals surface area contributed by atoms with Gasteiger partial charge in [0.05, 0.1) is 5.92 Å². The van der Waals surface area contributed by atoms with E-state index in [4.69, 9.17) is 5.11 Å². The van der Waals surface area contributed by atoms with Gasteiger partial charge in [-0.05, 0) is 30.5 Å². The van der Waals surface area contributed by atoms with Crippen LogP contribution >= 0.6 is 11.8 Å². The first kappa shape index (κ1) is 16.4. The molecule has 22 heavy (non-hydrogen) atoms. The number of thioether (sulfide) groups is 1. The third-order valence-electron chi connectivity index (χ3n) is 3.61. The second-order valence-corrected chi connectivity index (χ2v) is 6.07. The first-order valence-electron chi connectivity index (χ1n) is 6.83. The number of anilines is 1. The zero-order chi connectivity index (χ0) is 16.3. The zero-order valence-electron chi connectivity index (χ0n) is 12.5. The maximum Gasteiger partial charge on any atom is 0.323 e. The topological polar surface area (TPSA) is 77.9 Å². The molecule has 6 nitrogen and oxygen atoms in total. The molecule has 118 valence electrons. The highest BCUT2D eigenvalue weighted by molar-refractivity contribution is 7.98. The predicted molar refractivity (Wildman–Crippen MR) is 84.0 cm³/mol. The average molecular weight is 322 g/mol. The maximum atomic E-state index is 12.2. The number of hydrogen-bond donors (Lipinski definition) is 1. The van der Waals surface area contributed by atoms with E-state index in [-0.39, 0.29) is 24.8 Å². The Morgan fingerprint density at radius 1 is 1.36 bits per heavy atom. The lowest BCUT2D eigenvalue weighted by Crippen LogP contribution is -2.37. The fraction of sp³-hybridized carbons (Fsp3) is 0.400. The molecule has 0 aromatic heterocycles. The molecule has 0 spiro atoms. The Hall–Kier alpha value is -2.02. The van der Waals surface area contributed by atoms with E-state index in [1.165, 1.54) is 7.05 Å². The molecule has 1 atom stereocenters. The van der Waals surface area contributed by atoms with Gasteiger partial charge in [0.1, 0.15) is 6.54 Å². The van der Waals surface area contributed by atoms with Crippen molar-refractivity contribution < 1.29 is 19.5 Å². The summed E-state index contributed by atoms with van der Waals surface area (Å²) in [6, 6.07) is 7.58. The van der Waals surface area contributed by atoms with Gasteiger partial charge in [-0.3, -0.25) is 14.4 Å².